The first-order chi connectivity index (χ1) is 15.9. The largest absolute Gasteiger partial charge is 0.493 e. The smallest absolute Gasteiger partial charge is 0.340 e. The number of benzene rings is 2. The van der Waals surface area contributed by atoms with Crippen LogP contribution >= 0.6 is 11.3 Å². The highest BCUT2D eigenvalue weighted by Crippen LogP contribution is 2.34. The molecule has 2 N–H and O–H groups in total. The molecule has 0 atom stereocenters. The van der Waals surface area contributed by atoms with Gasteiger partial charge in [-0.05, 0) is 51.1 Å². The summed E-state index contributed by atoms with van der Waals surface area (Å²) >= 11 is 1.44. The minimum Gasteiger partial charge on any atom is -0.493 e. The molecule has 1 aromatic heterocycles. The van der Waals surface area contributed by atoms with Gasteiger partial charge in [0.25, 0.3) is 0 Å². The van der Waals surface area contributed by atoms with Crippen molar-refractivity contribution >= 4 is 29.0 Å². The van der Waals surface area contributed by atoms with E-state index in [2.05, 4.69) is 15.6 Å². The predicted octanol–water partition coefficient (Wildman–Crippen LogP) is 5.10. The summed E-state index contributed by atoms with van der Waals surface area (Å²) in [5, 5.41) is 8.02. The van der Waals surface area contributed by atoms with E-state index in [1.165, 1.54) is 11.3 Å². The van der Waals surface area contributed by atoms with Gasteiger partial charge in [-0.25, -0.2) is 14.6 Å². The van der Waals surface area contributed by atoms with Crippen molar-refractivity contribution in [3.05, 3.63) is 59.1 Å². The minimum absolute atomic E-state index is 0.00994. The number of urea groups is 1. The van der Waals surface area contributed by atoms with Crippen LogP contribution in [0, 0.1) is 0 Å². The van der Waals surface area contributed by atoms with Crippen molar-refractivity contribution in [1.29, 1.82) is 0 Å². The number of esters is 1. The summed E-state index contributed by atoms with van der Waals surface area (Å²) in [6, 6.07) is 11.9. The number of rotatable bonds is 9. The van der Waals surface area contributed by atoms with Crippen LogP contribution in [0.2, 0.25) is 0 Å². The lowest BCUT2D eigenvalue weighted by molar-refractivity contribution is 0.0469. The average Bonchev–Trinajstić information content (AvgIpc) is 3.27. The summed E-state index contributed by atoms with van der Waals surface area (Å²) in [7, 11) is 1.59. The zero-order valence-corrected chi connectivity index (χ0v) is 19.8. The third-order valence-corrected chi connectivity index (χ3v) is 5.37. The highest BCUT2D eigenvalue weighted by atomic mass is 32.1. The van der Waals surface area contributed by atoms with Gasteiger partial charge >= 0.3 is 12.0 Å². The Balaban J connectivity index is 1.66. The van der Waals surface area contributed by atoms with Crippen LogP contribution in [0.15, 0.2) is 47.8 Å². The maximum absolute atomic E-state index is 12.7. The molecule has 8 nitrogen and oxygen atoms in total. The number of anilines is 1. The third-order valence-electron chi connectivity index (χ3n) is 4.43. The van der Waals surface area contributed by atoms with Crippen molar-refractivity contribution in [2.24, 2.45) is 0 Å². The zero-order chi connectivity index (χ0) is 23.8. The molecule has 3 rings (SSSR count). The molecule has 1 heterocycles. The minimum atomic E-state index is -0.548. The second kappa shape index (κ2) is 11.3. The SMILES string of the molecule is CCOc1ccc(-c2nc(COC(=O)c3ccccc3NC(=O)NC(C)C)cs2)cc1OC. The molecule has 9 heteroatoms. The van der Waals surface area contributed by atoms with Gasteiger partial charge in [-0.15, -0.1) is 11.3 Å². The fourth-order valence-electron chi connectivity index (χ4n) is 2.99. The number of hydrogen-bond donors (Lipinski definition) is 2. The standard InChI is InChI=1S/C24H27N3O5S/c1-5-31-20-11-10-16(12-21(20)30-4)22-26-17(14-33-22)13-32-23(28)18-8-6-7-9-19(18)27-24(29)25-15(2)3/h6-12,14-15H,5,13H2,1-4H3,(H2,25,27,29). The first-order valence-electron chi connectivity index (χ1n) is 10.5. The molecule has 0 unspecified atom stereocenters. The van der Waals surface area contributed by atoms with Gasteiger partial charge in [0.15, 0.2) is 11.5 Å². The van der Waals surface area contributed by atoms with Crippen molar-refractivity contribution < 1.29 is 23.8 Å². The number of hydrogen-bond acceptors (Lipinski definition) is 7. The quantitative estimate of drug-likeness (QED) is 0.423. The molecule has 0 saturated heterocycles. The van der Waals surface area contributed by atoms with E-state index in [1.54, 1.807) is 31.4 Å². The first kappa shape index (κ1) is 24.1. The summed E-state index contributed by atoms with van der Waals surface area (Å²) < 4.78 is 16.4. The molecule has 0 bridgehead atoms. The Labute approximate surface area is 196 Å². The molecule has 0 radical (unpaired) electrons. The molecule has 0 spiro atoms. The molecule has 0 saturated carbocycles. The van der Waals surface area contributed by atoms with Crippen LogP contribution in [-0.4, -0.2) is 36.7 Å². The van der Waals surface area contributed by atoms with Gasteiger partial charge in [-0.1, -0.05) is 12.1 Å². The maximum Gasteiger partial charge on any atom is 0.340 e. The van der Waals surface area contributed by atoms with Gasteiger partial charge in [-0.2, -0.15) is 0 Å². The lowest BCUT2D eigenvalue weighted by atomic mass is 10.2. The van der Waals surface area contributed by atoms with Gasteiger partial charge < -0.3 is 24.8 Å². The number of nitrogens with zero attached hydrogens (tertiary/aromatic N) is 1. The summed E-state index contributed by atoms with van der Waals surface area (Å²) in [6.07, 6.45) is 0. The summed E-state index contributed by atoms with van der Waals surface area (Å²) in [5.41, 5.74) is 2.15. The van der Waals surface area contributed by atoms with Gasteiger partial charge in [0.2, 0.25) is 0 Å². The number of nitrogens with one attached hydrogen (secondary N) is 2. The molecular weight excluding hydrogens is 442 g/mol. The summed E-state index contributed by atoms with van der Waals surface area (Å²) in [6.45, 7) is 6.17. The van der Waals surface area contributed by atoms with Crippen LogP contribution in [0.3, 0.4) is 0 Å². The van der Waals surface area contributed by atoms with Crippen molar-refractivity contribution in [2.75, 3.05) is 19.0 Å². The fourth-order valence-corrected chi connectivity index (χ4v) is 3.79. The normalized spacial score (nSPS) is 10.6. The second-order valence-corrected chi connectivity index (χ2v) is 8.18. The van der Waals surface area contributed by atoms with E-state index in [9.17, 15) is 9.59 Å². The van der Waals surface area contributed by atoms with Crippen LogP contribution in [-0.2, 0) is 11.3 Å². The van der Waals surface area contributed by atoms with Crippen LogP contribution < -0.4 is 20.1 Å². The Morgan fingerprint density at radius 3 is 2.64 bits per heavy atom. The van der Waals surface area contributed by atoms with Crippen LogP contribution in [0.5, 0.6) is 11.5 Å². The van der Waals surface area contributed by atoms with Gasteiger partial charge in [-0.3, -0.25) is 0 Å². The van der Waals surface area contributed by atoms with E-state index in [-0.39, 0.29) is 24.2 Å². The second-order valence-electron chi connectivity index (χ2n) is 7.32. The molecular formula is C24H27N3O5S. The third kappa shape index (κ3) is 6.45. The number of carbonyl (C=O) groups excluding carboxylic acids is 2. The highest BCUT2D eigenvalue weighted by Gasteiger charge is 2.16. The van der Waals surface area contributed by atoms with E-state index < -0.39 is 5.97 Å². The summed E-state index contributed by atoms with van der Waals surface area (Å²) in [5.74, 6) is 0.750. The van der Waals surface area contributed by atoms with Gasteiger partial charge in [0.05, 0.1) is 30.7 Å². The van der Waals surface area contributed by atoms with Crippen molar-refractivity contribution in [1.82, 2.24) is 10.3 Å². The van der Waals surface area contributed by atoms with Gasteiger partial charge in [0.1, 0.15) is 11.6 Å². The van der Waals surface area contributed by atoms with Crippen molar-refractivity contribution in [3.8, 4) is 22.1 Å². The molecule has 3 aromatic rings. The number of thiazole rings is 1. The Bertz CT molecular complexity index is 1110. The molecule has 0 aliphatic heterocycles. The Hall–Kier alpha value is -3.59. The average molecular weight is 470 g/mol. The highest BCUT2D eigenvalue weighted by molar-refractivity contribution is 7.13. The zero-order valence-electron chi connectivity index (χ0n) is 19.0. The molecule has 0 aliphatic rings. The molecule has 2 amide bonds. The molecule has 174 valence electrons. The molecule has 33 heavy (non-hydrogen) atoms. The van der Waals surface area contributed by atoms with E-state index in [4.69, 9.17) is 14.2 Å². The Morgan fingerprint density at radius 2 is 1.91 bits per heavy atom. The number of carbonyl (C=O) groups is 2. The van der Waals surface area contributed by atoms with Crippen LogP contribution in [0.25, 0.3) is 10.6 Å². The topological polar surface area (TPSA) is 98.8 Å². The van der Waals surface area contributed by atoms with Crippen LogP contribution in [0.1, 0.15) is 36.8 Å². The number of amides is 2. The Kier molecular flexibility index (Phi) is 8.26. The number of aromatic nitrogens is 1. The van der Waals surface area contributed by atoms with E-state index >= 15 is 0 Å². The Morgan fingerprint density at radius 1 is 1.12 bits per heavy atom. The van der Waals surface area contributed by atoms with Crippen LogP contribution in [0.4, 0.5) is 10.5 Å². The monoisotopic (exact) mass is 469 g/mol. The van der Waals surface area contributed by atoms with Crippen molar-refractivity contribution in [3.63, 3.8) is 0 Å². The lowest BCUT2D eigenvalue weighted by Gasteiger charge is -2.13. The van der Waals surface area contributed by atoms with Crippen molar-refractivity contribution in [2.45, 2.75) is 33.4 Å². The number of para-hydroxylation sites is 1. The molecule has 0 fully saturated rings. The summed E-state index contributed by atoms with van der Waals surface area (Å²) in [4.78, 5) is 29.2. The maximum atomic E-state index is 12.7. The fraction of sp³-hybridized carbons (Fsp3) is 0.292. The first-order valence-corrected chi connectivity index (χ1v) is 11.4. The van der Waals surface area contributed by atoms with E-state index in [1.807, 2.05) is 44.4 Å². The molecule has 2 aromatic carbocycles. The molecule has 0 aliphatic carbocycles. The van der Waals surface area contributed by atoms with E-state index in [0.717, 1.165) is 10.6 Å². The number of ether oxygens (including phenoxy) is 3. The lowest BCUT2D eigenvalue weighted by Crippen LogP contribution is -2.34. The predicted molar refractivity (Wildman–Crippen MR) is 128 cm³/mol. The van der Waals surface area contributed by atoms with Gasteiger partial charge in [0, 0.05) is 17.0 Å². The number of methoxy groups -OCH3 is 1. The van der Waals surface area contributed by atoms with E-state index in [0.29, 0.717) is 29.5 Å².